The van der Waals surface area contributed by atoms with Crippen molar-refractivity contribution in [2.45, 2.75) is 18.4 Å². The average Bonchev–Trinajstić information content (AvgIpc) is 2.19. The molecule has 1 aromatic carbocycles. The molecular weight excluding hydrogens is 188 g/mol. The Labute approximate surface area is 81.4 Å². The molecule has 0 amide bonds. The lowest BCUT2D eigenvalue weighted by Gasteiger charge is -2.31. The maximum absolute atomic E-state index is 13.6. The lowest BCUT2D eigenvalue weighted by atomic mass is 9.92. The molecule has 0 spiro atoms. The van der Waals surface area contributed by atoms with Gasteiger partial charge in [-0.2, -0.15) is 8.78 Å². The van der Waals surface area contributed by atoms with Gasteiger partial charge in [-0.25, -0.2) is 0 Å². The summed E-state index contributed by atoms with van der Waals surface area (Å²) in [5.74, 6) is -3.33. The molecule has 0 radical (unpaired) electrons. The Balaban J connectivity index is 3.08. The number of benzene rings is 1. The molecular formula is C10H13F2NO. The second-order valence-corrected chi connectivity index (χ2v) is 3.42. The maximum atomic E-state index is 13.6. The van der Waals surface area contributed by atoms with Gasteiger partial charge >= 0.3 is 5.92 Å². The summed E-state index contributed by atoms with van der Waals surface area (Å²) in [5, 5.41) is 9.43. The van der Waals surface area contributed by atoms with E-state index in [-0.39, 0.29) is 5.56 Å². The summed E-state index contributed by atoms with van der Waals surface area (Å²) < 4.78 is 27.2. The van der Waals surface area contributed by atoms with Crippen LogP contribution in [-0.4, -0.2) is 17.3 Å². The molecule has 0 bridgehead atoms. The van der Waals surface area contributed by atoms with Crippen LogP contribution in [0.3, 0.4) is 0 Å². The van der Waals surface area contributed by atoms with Crippen LogP contribution < -0.4 is 5.73 Å². The molecule has 1 aromatic rings. The van der Waals surface area contributed by atoms with Gasteiger partial charge in [0.25, 0.3) is 0 Å². The Kier molecular flexibility index (Phi) is 2.87. The summed E-state index contributed by atoms with van der Waals surface area (Å²) in [6, 6.07) is 7.16. The van der Waals surface area contributed by atoms with E-state index >= 15 is 0 Å². The third-order valence-electron chi connectivity index (χ3n) is 2.21. The number of hydrogen-bond donors (Lipinski definition) is 2. The van der Waals surface area contributed by atoms with Crippen LogP contribution in [0, 0.1) is 0 Å². The zero-order valence-electron chi connectivity index (χ0n) is 7.87. The lowest BCUT2D eigenvalue weighted by Crippen LogP contribution is -2.49. The van der Waals surface area contributed by atoms with Gasteiger partial charge in [0.15, 0.2) is 0 Å². The maximum Gasteiger partial charge on any atom is 0.302 e. The van der Waals surface area contributed by atoms with E-state index in [1.807, 2.05) is 0 Å². The van der Waals surface area contributed by atoms with Crippen LogP contribution in [0.5, 0.6) is 0 Å². The van der Waals surface area contributed by atoms with E-state index in [9.17, 15) is 13.9 Å². The molecule has 4 heteroatoms. The van der Waals surface area contributed by atoms with Crippen molar-refractivity contribution in [2.24, 2.45) is 5.73 Å². The molecule has 1 atom stereocenters. The molecule has 1 rings (SSSR count). The third kappa shape index (κ3) is 1.76. The molecule has 3 N–H and O–H groups in total. The van der Waals surface area contributed by atoms with E-state index in [0.29, 0.717) is 0 Å². The number of alkyl halides is 2. The first-order valence-electron chi connectivity index (χ1n) is 4.27. The highest BCUT2D eigenvalue weighted by Crippen LogP contribution is 2.37. The highest BCUT2D eigenvalue weighted by Gasteiger charge is 2.49. The van der Waals surface area contributed by atoms with Crippen molar-refractivity contribution < 1.29 is 13.9 Å². The van der Waals surface area contributed by atoms with E-state index in [1.54, 1.807) is 6.07 Å². The zero-order valence-corrected chi connectivity index (χ0v) is 7.87. The molecule has 0 saturated heterocycles. The predicted molar refractivity (Wildman–Crippen MR) is 50.0 cm³/mol. The molecule has 0 aliphatic carbocycles. The standard InChI is InChI=1S/C10H13F2NO/c1-9(14,7-13)10(11,12)8-5-3-2-4-6-8/h2-6,14H,7,13H2,1H3. The fraction of sp³-hybridized carbons (Fsp3) is 0.400. The van der Waals surface area contributed by atoms with E-state index in [2.05, 4.69) is 0 Å². The van der Waals surface area contributed by atoms with Crippen molar-refractivity contribution in [1.29, 1.82) is 0 Å². The van der Waals surface area contributed by atoms with Gasteiger partial charge in [-0.1, -0.05) is 30.3 Å². The monoisotopic (exact) mass is 201 g/mol. The van der Waals surface area contributed by atoms with Crippen molar-refractivity contribution in [3.8, 4) is 0 Å². The minimum absolute atomic E-state index is 0.226. The summed E-state index contributed by atoms with van der Waals surface area (Å²) in [4.78, 5) is 0. The predicted octanol–water partition coefficient (Wildman–Crippen LogP) is 1.49. The average molecular weight is 201 g/mol. The smallest absolute Gasteiger partial charge is 0.302 e. The zero-order chi connectivity index (χ0) is 10.8. The van der Waals surface area contributed by atoms with Gasteiger partial charge in [0.1, 0.15) is 5.60 Å². The summed E-state index contributed by atoms with van der Waals surface area (Å²) in [6.45, 7) is 0.537. The Morgan fingerprint density at radius 2 is 1.79 bits per heavy atom. The second-order valence-electron chi connectivity index (χ2n) is 3.42. The molecule has 0 saturated carbocycles. The van der Waals surface area contributed by atoms with Gasteiger partial charge in [-0.15, -0.1) is 0 Å². The van der Waals surface area contributed by atoms with Crippen LogP contribution in [0.1, 0.15) is 12.5 Å². The van der Waals surface area contributed by atoms with Crippen LogP contribution >= 0.6 is 0 Å². The third-order valence-corrected chi connectivity index (χ3v) is 2.21. The summed E-state index contributed by atoms with van der Waals surface area (Å²) >= 11 is 0. The molecule has 2 nitrogen and oxygen atoms in total. The van der Waals surface area contributed by atoms with E-state index in [4.69, 9.17) is 5.73 Å². The number of halogens is 2. The fourth-order valence-corrected chi connectivity index (χ4v) is 1.09. The molecule has 78 valence electrons. The Bertz CT molecular complexity index is 298. The van der Waals surface area contributed by atoms with Gasteiger partial charge in [-0.3, -0.25) is 0 Å². The van der Waals surface area contributed by atoms with Gasteiger partial charge < -0.3 is 10.8 Å². The summed E-state index contributed by atoms with van der Waals surface area (Å²) in [6.07, 6.45) is 0. The minimum atomic E-state index is -3.33. The van der Waals surface area contributed by atoms with E-state index in [1.165, 1.54) is 24.3 Å². The molecule has 1 unspecified atom stereocenters. The van der Waals surface area contributed by atoms with E-state index in [0.717, 1.165) is 6.92 Å². The first kappa shape index (κ1) is 11.1. The first-order valence-corrected chi connectivity index (χ1v) is 4.27. The van der Waals surface area contributed by atoms with Crippen LogP contribution in [0.4, 0.5) is 8.78 Å². The van der Waals surface area contributed by atoms with Gasteiger partial charge in [0.2, 0.25) is 0 Å². The van der Waals surface area contributed by atoms with Crippen molar-refractivity contribution in [2.75, 3.05) is 6.54 Å². The highest BCUT2D eigenvalue weighted by atomic mass is 19.3. The van der Waals surface area contributed by atoms with Gasteiger partial charge in [0.05, 0.1) is 0 Å². The molecule has 14 heavy (non-hydrogen) atoms. The number of aliphatic hydroxyl groups is 1. The first-order chi connectivity index (χ1) is 6.42. The Morgan fingerprint density at radius 3 is 2.21 bits per heavy atom. The van der Waals surface area contributed by atoms with Gasteiger partial charge in [-0.05, 0) is 6.92 Å². The fourth-order valence-electron chi connectivity index (χ4n) is 1.09. The molecule has 0 aliphatic heterocycles. The molecule has 0 fully saturated rings. The van der Waals surface area contributed by atoms with E-state index < -0.39 is 18.1 Å². The highest BCUT2D eigenvalue weighted by molar-refractivity contribution is 5.23. The molecule has 0 aromatic heterocycles. The Morgan fingerprint density at radius 1 is 1.29 bits per heavy atom. The number of hydrogen-bond acceptors (Lipinski definition) is 2. The molecule has 0 heterocycles. The van der Waals surface area contributed by atoms with Crippen molar-refractivity contribution in [3.63, 3.8) is 0 Å². The van der Waals surface area contributed by atoms with Crippen LogP contribution in [-0.2, 0) is 5.92 Å². The van der Waals surface area contributed by atoms with Crippen molar-refractivity contribution >= 4 is 0 Å². The number of nitrogens with two attached hydrogens (primary N) is 1. The minimum Gasteiger partial charge on any atom is -0.382 e. The topological polar surface area (TPSA) is 46.2 Å². The summed E-state index contributed by atoms with van der Waals surface area (Å²) in [5.41, 5.74) is 2.66. The summed E-state index contributed by atoms with van der Waals surface area (Å²) in [7, 11) is 0. The second kappa shape index (κ2) is 3.63. The lowest BCUT2D eigenvalue weighted by molar-refractivity contribution is -0.173. The van der Waals surface area contributed by atoms with Crippen LogP contribution in [0.2, 0.25) is 0 Å². The quantitative estimate of drug-likeness (QED) is 0.778. The number of rotatable bonds is 3. The largest absolute Gasteiger partial charge is 0.382 e. The van der Waals surface area contributed by atoms with Crippen molar-refractivity contribution in [3.05, 3.63) is 35.9 Å². The normalized spacial score (nSPS) is 16.4. The Hall–Kier alpha value is -1.00. The SMILES string of the molecule is CC(O)(CN)C(F)(F)c1ccccc1. The van der Waals surface area contributed by atoms with Crippen LogP contribution in [0.25, 0.3) is 0 Å². The molecule has 0 aliphatic rings. The van der Waals surface area contributed by atoms with Crippen molar-refractivity contribution in [1.82, 2.24) is 0 Å². The van der Waals surface area contributed by atoms with Gasteiger partial charge in [0, 0.05) is 12.1 Å². The van der Waals surface area contributed by atoms with Crippen LogP contribution in [0.15, 0.2) is 30.3 Å².